The Morgan fingerprint density at radius 3 is 2.50 bits per heavy atom. The van der Waals surface area contributed by atoms with E-state index in [2.05, 4.69) is 15.3 Å². The van der Waals surface area contributed by atoms with Gasteiger partial charge in [-0.15, -0.1) is 10.2 Å². The Morgan fingerprint density at radius 2 is 1.85 bits per heavy atom. The van der Waals surface area contributed by atoms with Crippen molar-refractivity contribution in [3.05, 3.63) is 24.3 Å². The first-order chi connectivity index (χ1) is 9.39. The lowest BCUT2D eigenvalue weighted by Gasteiger charge is -2.00. The van der Waals surface area contributed by atoms with E-state index in [0.29, 0.717) is 11.5 Å². The average Bonchev–Trinajstić information content (AvgIpc) is 2.91. The number of nitrogens with zero attached hydrogens (tertiary/aromatic N) is 5. The van der Waals surface area contributed by atoms with Gasteiger partial charge in [0.05, 0.1) is 5.52 Å². The molecule has 0 amide bonds. The summed E-state index contributed by atoms with van der Waals surface area (Å²) >= 11 is 0. The minimum atomic E-state index is -3.91. The lowest BCUT2D eigenvalue weighted by atomic mass is 10.2. The Labute approximate surface area is 114 Å². The van der Waals surface area contributed by atoms with Crippen LogP contribution in [0.4, 0.5) is 0 Å². The SMILES string of the molecule is Cn1c(-c2nn(C)c3ccccc23)nnc1S(N)(=O)=O. The van der Waals surface area contributed by atoms with E-state index in [0.717, 1.165) is 10.9 Å². The number of benzene rings is 1. The maximum Gasteiger partial charge on any atom is 0.273 e. The summed E-state index contributed by atoms with van der Waals surface area (Å²) < 4.78 is 25.8. The molecule has 8 nitrogen and oxygen atoms in total. The molecule has 104 valence electrons. The number of sulfonamides is 1. The number of fused-ring (bicyclic) bond motifs is 1. The van der Waals surface area contributed by atoms with E-state index in [4.69, 9.17) is 5.14 Å². The predicted octanol–water partition coefficient (Wildman–Crippen LogP) is 0.0162. The van der Waals surface area contributed by atoms with Crippen molar-refractivity contribution in [1.29, 1.82) is 0 Å². The van der Waals surface area contributed by atoms with Gasteiger partial charge in [0.2, 0.25) is 0 Å². The third-order valence-corrected chi connectivity index (χ3v) is 3.92. The molecule has 9 heteroatoms. The first kappa shape index (κ1) is 12.8. The molecule has 2 aromatic heterocycles. The van der Waals surface area contributed by atoms with Crippen LogP contribution >= 0.6 is 0 Å². The van der Waals surface area contributed by atoms with E-state index in [1.165, 1.54) is 4.57 Å². The number of aryl methyl sites for hydroxylation is 1. The van der Waals surface area contributed by atoms with Gasteiger partial charge in [0, 0.05) is 19.5 Å². The fraction of sp³-hybridized carbons (Fsp3) is 0.182. The van der Waals surface area contributed by atoms with E-state index >= 15 is 0 Å². The second kappa shape index (κ2) is 4.12. The van der Waals surface area contributed by atoms with Crippen LogP contribution in [0.25, 0.3) is 22.4 Å². The zero-order valence-corrected chi connectivity index (χ0v) is 11.7. The lowest BCUT2D eigenvalue weighted by Crippen LogP contribution is -2.17. The van der Waals surface area contributed by atoms with Gasteiger partial charge in [-0.2, -0.15) is 5.10 Å². The summed E-state index contributed by atoms with van der Waals surface area (Å²) in [5.74, 6) is 0.353. The minimum Gasteiger partial charge on any atom is -0.298 e. The van der Waals surface area contributed by atoms with Crippen molar-refractivity contribution in [3.8, 4) is 11.5 Å². The van der Waals surface area contributed by atoms with Crippen LogP contribution in [-0.4, -0.2) is 33.0 Å². The fourth-order valence-corrected chi connectivity index (χ4v) is 2.77. The quantitative estimate of drug-likeness (QED) is 0.716. The van der Waals surface area contributed by atoms with Gasteiger partial charge in [-0.1, -0.05) is 18.2 Å². The maximum absolute atomic E-state index is 11.4. The second-order valence-corrected chi connectivity index (χ2v) is 5.85. The molecule has 0 spiro atoms. The van der Waals surface area contributed by atoms with Crippen LogP contribution < -0.4 is 5.14 Å². The molecule has 0 aliphatic carbocycles. The van der Waals surface area contributed by atoms with Crippen LogP contribution in [0, 0.1) is 0 Å². The van der Waals surface area contributed by atoms with Crippen molar-refractivity contribution < 1.29 is 8.42 Å². The van der Waals surface area contributed by atoms with Gasteiger partial charge in [-0.25, -0.2) is 13.6 Å². The normalized spacial score (nSPS) is 12.2. The number of primary sulfonamides is 1. The van der Waals surface area contributed by atoms with Crippen molar-refractivity contribution in [3.63, 3.8) is 0 Å². The summed E-state index contributed by atoms with van der Waals surface area (Å²) in [5.41, 5.74) is 1.48. The molecule has 3 rings (SSSR count). The first-order valence-corrected chi connectivity index (χ1v) is 7.28. The van der Waals surface area contributed by atoms with E-state index in [9.17, 15) is 8.42 Å². The van der Waals surface area contributed by atoms with Crippen LogP contribution in [0.5, 0.6) is 0 Å². The Balaban J connectivity index is 2.30. The van der Waals surface area contributed by atoms with Crippen LogP contribution in [0.1, 0.15) is 0 Å². The zero-order chi connectivity index (χ0) is 14.5. The van der Waals surface area contributed by atoms with Crippen molar-refractivity contribution in [1.82, 2.24) is 24.5 Å². The summed E-state index contributed by atoms with van der Waals surface area (Å²) in [6.45, 7) is 0. The second-order valence-electron chi connectivity index (χ2n) is 4.40. The number of rotatable bonds is 2. The molecule has 1 aromatic carbocycles. The highest BCUT2D eigenvalue weighted by molar-refractivity contribution is 7.89. The van der Waals surface area contributed by atoms with Gasteiger partial charge < -0.3 is 0 Å². The molecule has 0 saturated carbocycles. The highest BCUT2D eigenvalue weighted by Crippen LogP contribution is 2.26. The topological polar surface area (TPSA) is 109 Å². The summed E-state index contributed by atoms with van der Waals surface area (Å²) in [5, 5.41) is 17.6. The van der Waals surface area contributed by atoms with E-state index in [-0.39, 0.29) is 5.16 Å². The molecular weight excluding hydrogens is 280 g/mol. The first-order valence-electron chi connectivity index (χ1n) is 5.74. The van der Waals surface area contributed by atoms with Crippen molar-refractivity contribution in [2.75, 3.05) is 0 Å². The van der Waals surface area contributed by atoms with Crippen LogP contribution in [-0.2, 0) is 24.1 Å². The van der Waals surface area contributed by atoms with E-state index in [1.54, 1.807) is 11.7 Å². The van der Waals surface area contributed by atoms with Gasteiger partial charge in [-0.05, 0) is 6.07 Å². The van der Waals surface area contributed by atoms with Crippen molar-refractivity contribution in [2.45, 2.75) is 5.16 Å². The smallest absolute Gasteiger partial charge is 0.273 e. The Bertz CT molecular complexity index is 908. The zero-order valence-electron chi connectivity index (χ0n) is 10.8. The van der Waals surface area contributed by atoms with Crippen molar-refractivity contribution in [2.24, 2.45) is 19.2 Å². The Hall–Kier alpha value is -2.26. The number of para-hydroxylation sites is 1. The van der Waals surface area contributed by atoms with Gasteiger partial charge in [0.25, 0.3) is 15.2 Å². The third-order valence-electron chi connectivity index (χ3n) is 3.06. The summed E-state index contributed by atoms with van der Waals surface area (Å²) in [6, 6.07) is 7.59. The van der Waals surface area contributed by atoms with Crippen molar-refractivity contribution >= 4 is 20.9 Å². The molecule has 0 unspecified atom stereocenters. The number of aromatic nitrogens is 5. The number of hydrogen-bond donors (Lipinski definition) is 1. The fourth-order valence-electron chi connectivity index (χ4n) is 2.15. The van der Waals surface area contributed by atoms with Gasteiger partial charge in [-0.3, -0.25) is 9.25 Å². The highest BCUT2D eigenvalue weighted by Gasteiger charge is 2.22. The summed E-state index contributed by atoms with van der Waals surface area (Å²) in [6.07, 6.45) is 0. The largest absolute Gasteiger partial charge is 0.298 e. The molecule has 0 atom stereocenters. The predicted molar refractivity (Wildman–Crippen MR) is 72.1 cm³/mol. The molecule has 0 bridgehead atoms. The van der Waals surface area contributed by atoms with Crippen LogP contribution in [0.15, 0.2) is 29.4 Å². The molecule has 0 fully saturated rings. The summed E-state index contributed by atoms with van der Waals surface area (Å²) in [4.78, 5) is 0. The molecule has 0 radical (unpaired) electrons. The molecule has 2 N–H and O–H groups in total. The Kier molecular flexibility index (Phi) is 2.63. The van der Waals surface area contributed by atoms with E-state index in [1.807, 2.05) is 31.3 Å². The molecule has 0 saturated heterocycles. The molecule has 2 heterocycles. The van der Waals surface area contributed by atoms with Crippen LogP contribution in [0.2, 0.25) is 0 Å². The molecule has 3 aromatic rings. The standard InChI is InChI=1S/C11H12N6O2S/c1-16-10(13-14-11(16)20(12,18)19)9-7-5-3-4-6-8(7)17(2)15-9/h3-6H,1-2H3,(H2,12,18,19). The number of nitrogens with two attached hydrogens (primary N) is 1. The average molecular weight is 292 g/mol. The third kappa shape index (κ3) is 1.79. The van der Waals surface area contributed by atoms with Gasteiger partial charge >= 0.3 is 0 Å². The minimum absolute atomic E-state index is 0.290. The molecule has 0 aliphatic heterocycles. The van der Waals surface area contributed by atoms with E-state index < -0.39 is 10.0 Å². The maximum atomic E-state index is 11.4. The number of hydrogen-bond acceptors (Lipinski definition) is 5. The highest BCUT2D eigenvalue weighted by atomic mass is 32.2. The van der Waals surface area contributed by atoms with Gasteiger partial charge in [0.1, 0.15) is 5.69 Å². The lowest BCUT2D eigenvalue weighted by molar-refractivity contribution is 0.580. The molecule has 0 aliphatic rings. The summed E-state index contributed by atoms with van der Waals surface area (Å²) in [7, 11) is -0.564. The van der Waals surface area contributed by atoms with Crippen LogP contribution in [0.3, 0.4) is 0 Å². The Morgan fingerprint density at radius 1 is 1.15 bits per heavy atom. The molecular formula is C11H12N6O2S. The van der Waals surface area contributed by atoms with Gasteiger partial charge in [0.15, 0.2) is 5.82 Å². The molecule has 20 heavy (non-hydrogen) atoms. The monoisotopic (exact) mass is 292 g/mol.